The normalized spacial score (nSPS) is 14.3. The molecule has 7 nitrogen and oxygen atoms in total. The van der Waals surface area contributed by atoms with Crippen molar-refractivity contribution in [2.24, 2.45) is 5.73 Å². The third-order valence-electron chi connectivity index (χ3n) is 4.02. The molecule has 1 aromatic carbocycles. The van der Waals surface area contributed by atoms with Crippen molar-refractivity contribution < 1.29 is 14.4 Å². The molecular weight excluding hydrogens is 344 g/mol. The van der Waals surface area contributed by atoms with Crippen LogP contribution in [-0.4, -0.2) is 66.8 Å². The molecule has 3 amide bonds. The zero-order valence-electron chi connectivity index (χ0n) is 14.4. The van der Waals surface area contributed by atoms with Crippen LogP contribution in [0.5, 0.6) is 0 Å². The minimum absolute atomic E-state index is 0. The molecule has 138 valence electrons. The van der Waals surface area contributed by atoms with Crippen molar-refractivity contribution >= 4 is 30.1 Å². The zero-order chi connectivity index (χ0) is 17.5. The fraction of sp³-hybridized carbons (Fsp3) is 0.471. The van der Waals surface area contributed by atoms with Crippen molar-refractivity contribution in [2.75, 3.05) is 39.3 Å². The van der Waals surface area contributed by atoms with E-state index in [-0.39, 0.29) is 43.2 Å². The van der Waals surface area contributed by atoms with Gasteiger partial charge in [0, 0.05) is 31.7 Å². The maximum absolute atomic E-state index is 12.6. The van der Waals surface area contributed by atoms with Crippen LogP contribution in [0, 0.1) is 6.92 Å². The van der Waals surface area contributed by atoms with E-state index in [4.69, 9.17) is 5.73 Å². The molecule has 1 fully saturated rings. The number of nitrogens with two attached hydrogens (primary N) is 1. The van der Waals surface area contributed by atoms with E-state index in [1.54, 1.807) is 9.80 Å². The quantitative estimate of drug-likeness (QED) is 0.791. The second-order valence-electron chi connectivity index (χ2n) is 5.88. The van der Waals surface area contributed by atoms with Gasteiger partial charge in [-0.1, -0.05) is 17.7 Å². The first-order valence-corrected chi connectivity index (χ1v) is 8.11. The average molecular weight is 369 g/mol. The third-order valence-corrected chi connectivity index (χ3v) is 4.02. The van der Waals surface area contributed by atoms with Crippen LogP contribution in [0.15, 0.2) is 24.3 Å². The Morgan fingerprint density at radius 3 is 2.48 bits per heavy atom. The number of hydrogen-bond donors (Lipinski definition) is 2. The van der Waals surface area contributed by atoms with Crippen molar-refractivity contribution in [3.63, 3.8) is 0 Å². The lowest BCUT2D eigenvalue weighted by molar-refractivity contribution is -0.132. The molecule has 1 aromatic rings. The summed E-state index contributed by atoms with van der Waals surface area (Å²) in [5, 5.41) is 2.48. The Balaban J connectivity index is 0.00000312. The minimum Gasteiger partial charge on any atom is -0.346 e. The van der Waals surface area contributed by atoms with Gasteiger partial charge in [0.05, 0.1) is 13.1 Å². The molecule has 1 aliphatic rings. The molecule has 2 rings (SSSR count). The number of hydrogen-bond acceptors (Lipinski definition) is 4. The van der Waals surface area contributed by atoms with E-state index in [2.05, 4.69) is 5.32 Å². The first-order chi connectivity index (χ1) is 11.5. The molecular formula is C17H25ClN4O3. The number of carbonyl (C=O) groups excluding carboxylic acids is 3. The maximum Gasteiger partial charge on any atom is 0.253 e. The molecule has 0 atom stereocenters. The molecule has 0 aliphatic carbocycles. The average Bonchev–Trinajstić information content (AvgIpc) is 2.84. The topological polar surface area (TPSA) is 95.7 Å². The van der Waals surface area contributed by atoms with Crippen molar-refractivity contribution in [1.29, 1.82) is 0 Å². The largest absolute Gasteiger partial charge is 0.346 e. The van der Waals surface area contributed by atoms with E-state index in [1.165, 1.54) is 0 Å². The van der Waals surface area contributed by atoms with Crippen LogP contribution < -0.4 is 11.1 Å². The van der Waals surface area contributed by atoms with Crippen LogP contribution in [0.2, 0.25) is 0 Å². The van der Waals surface area contributed by atoms with Crippen LogP contribution in [-0.2, 0) is 9.59 Å². The van der Waals surface area contributed by atoms with E-state index < -0.39 is 0 Å². The molecule has 0 spiro atoms. The standard InChI is InChI=1S/C17H24N4O3.ClH/c1-13-4-2-5-14(10-13)17(24)21-7-3-6-20(8-9-21)16(23)12-19-15(22)11-18;/h2,4-5,10H,3,6-9,11-12,18H2,1H3,(H,19,22);1H. The van der Waals surface area contributed by atoms with Gasteiger partial charge in [-0.25, -0.2) is 0 Å². The third kappa shape index (κ3) is 6.03. The van der Waals surface area contributed by atoms with Crippen LogP contribution in [0.25, 0.3) is 0 Å². The van der Waals surface area contributed by atoms with Gasteiger partial charge in [-0.05, 0) is 25.5 Å². The molecule has 3 N–H and O–H groups in total. The fourth-order valence-electron chi connectivity index (χ4n) is 2.69. The second kappa shape index (κ2) is 10.0. The molecule has 25 heavy (non-hydrogen) atoms. The number of aryl methyl sites for hydroxylation is 1. The van der Waals surface area contributed by atoms with Gasteiger partial charge < -0.3 is 20.9 Å². The van der Waals surface area contributed by atoms with E-state index in [0.29, 0.717) is 38.2 Å². The molecule has 1 heterocycles. The number of nitrogens with zero attached hydrogens (tertiary/aromatic N) is 2. The summed E-state index contributed by atoms with van der Waals surface area (Å²) in [5.74, 6) is -0.513. The van der Waals surface area contributed by atoms with Crippen LogP contribution >= 0.6 is 12.4 Å². The fourth-order valence-corrected chi connectivity index (χ4v) is 2.69. The van der Waals surface area contributed by atoms with E-state index >= 15 is 0 Å². The van der Waals surface area contributed by atoms with Gasteiger partial charge in [-0.15, -0.1) is 12.4 Å². The summed E-state index contributed by atoms with van der Waals surface area (Å²) >= 11 is 0. The Kier molecular flexibility index (Phi) is 8.37. The molecule has 1 saturated heterocycles. The number of nitrogens with one attached hydrogen (secondary N) is 1. The molecule has 0 radical (unpaired) electrons. The van der Waals surface area contributed by atoms with Crippen LogP contribution in [0.3, 0.4) is 0 Å². The summed E-state index contributed by atoms with van der Waals surface area (Å²) in [6.07, 6.45) is 0.716. The van der Waals surface area contributed by atoms with Gasteiger partial charge in [0.15, 0.2) is 0 Å². The predicted molar refractivity (Wildman–Crippen MR) is 97.6 cm³/mol. The van der Waals surface area contributed by atoms with Gasteiger partial charge >= 0.3 is 0 Å². The van der Waals surface area contributed by atoms with Crippen LogP contribution in [0.1, 0.15) is 22.3 Å². The Bertz CT molecular complexity index is 624. The van der Waals surface area contributed by atoms with Gasteiger partial charge in [-0.2, -0.15) is 0 Å². The van der Waals surface area contributed by atoms with E-state index in [1.807, 2.05) is 31.2 Å². The van der Waals surface area contributed by atoms with E-state index in [0.717, 1.165) is 5.56 Å². The SMILES string of the molecule is Cc1cccc(C(=O)N2CCCN(C(=O)CNC(=O)CN)CC2)c1.Cl. The lowest BCUT2D eigenvalue weighted by Crippen LogP contribution is -2.43. The molecule has 1 aliphatic heterocycles. The summed E-state index contributed by atoms with van der Waals surface area (Å²) in [6.45, 7) is 3.92. The van der Waals surface area contributed by atoms with Gasteiger partial charge in [0.2, 0.25) is 11.8 Å². The molecule has 8 heteroatoms. The van der Waals surface area contributed by atoms with Crippen molar-refractivity contribution in [3.8, 4) is 0 Å². The van der Waals surface area contributed by atoms with Crippen molar-refractivity contribution in [1.82, 2.24) is 15.1 Å². The molecule has 0 unspecified atom stereocenters. The first-order valence-electron chi connectivity index (χ1n) is 8.11. The monoisotopic (exact) mass is 368 g/mol. The van der Waals surface area contributed by atoms with E-state index in [9.17, 15) is 14.4 Å². The number of halogens is 1. The summed E-state index contributed by atoms with van der Waals surface area (Å²) in [5.41, 5.74) is 6.91. The zero-order valence-corrected chi connectivity index (χ0v) is 15.2. The number of benzene rings is 1. The highest BCUT2D eigenvalue weighted by molar-refractivity contribution is 5.94. The van der Waals surface area contributed by atoms with Gasteiger partial charge in [0.25, 0.3) is 5.91 Å². The Morgan fingerprint density at radius 2 is 1.80 bits per heavy atom. The van der Waals surface area contributed by atoms with Crippen molar-refractivity contribution in [3.05, 3.63) is 35.4 Å². The van der Waals surface area contributed by atoms with Crippen LogP contribution in [0.4, 0.5) is 0 Å². The highest BCUT2D eigenvalue weighted by atomic mass is 35.5. The minimum atomic E-state index is -0.352. The summed E-state index contributed by atoms with van der Waals surface area (Å²) in [4.78, 5) is 39.3. The Hall–Kier alpha value is -2.12. The molecule has 0 saturated carbocycles. The lowest BCUT2D eigenvalue weighted by atomic mass is 10.1. The van der Waals surface area contributed by atoms with Gasteiger partial charge in [-0.3, -0.25) is 14.4 Å². The second-order valence-corrected chi connectivity index (χ2v) is 5.88. The number of rotatable bonds is 4. The number of amides is 3. The predicted octanol–water partition coefficient (Wildman–Crippen LogP) is 0.166. The summed E-state index contributed by atoms with van der Waals surface area (Å²) in [7, 11) is 0. The van der Waals surface area contributed by atoms with Gasteiger partial charge in [0.1, 0.15) is 0 Å². The first kappa shape index (κ1) is 20.9. The smallest absolute Gasteiger partial charge is 0.253 e. The summed E-state index contributed by atoms with van der Waals surface area (Å²) < 4.78 is 0. The number of carbonyl (C=O) groups is 3. The highest BCUT2D eigenvalue weighted by Crippen LogP contribution is 2.11. The maximum atomic E-state index is 12.6. The molecule has 0 bridgehead atoms. The Labute approximate surface area is 153 Å². The van der Waals surface area contributed by atoms with Crippen molar-refractivity contribution in [2.45, 2.75) is 13.3 Å². The lowest BCUT2D eigenvalue weighted by Gasteiger charge is -2.22. The Morgan fingerprint density at radius 1 is 1.12 bits per heavy atom. The highest BCUT2D eigenvalue weighted by Gasteiger charge is 2.22. The summed E-state index contributed by atoms with van der Waals surface area (Å²) in [6, 6.07) is 7.51. The molecule has 0 aromatic heterocycles.